The van der Waals surface area contributed by atoms with E-state index >= 15 is 0 Å². The van der Waals surface area contributed by atoms with Crippen molar-refractivity contribution >= 4 is 10.0 Å². The van der Waals surface area contributed by atoms with Gasteiger partial charge in [0.1, 0.15) is 6.33 Å². The van der Waals surface area contributed by atoms with E-state index in [4.69, 9.17) is 5.26 Å². The Hall–Kier alpha value is -2.13. The number of hydrogen-bond acceptors (Lipinski definition) is 4. The van der Waals surface area contributed by atoms with Crippen LogP contribution in [0.2, 0.25) is 0 Å². The summed E-state index contributed by atoms with van der Waals surface area (Å²) in [5.74, 6) is 0. The van der Waals surface area contributed by atoms with Gasteiger partial charge in [0.2, 0.25) is 0 Å². The van der Waals surface area contributed by atoms with Gasteiger partial charge in [-0.1, -0.05) is 17.7 Å². The van der Waals surface area contributed by atoms with Gasteiger partial charge in [0.25, 0.3) is 10.0 Å². The Balaban J connectivity index is 2.47. The first-order chi connectivity index (χ1) is 9.27. The van der Waals surface area contributed by atoms with E-state index in [-0.39, 0.29) is 4.90 Å². The Morgan fingerprint density at radius 1 is 1.25 bits per heavy atom. The highest BCUT2D eigenvalue weighted by atomic mass is 32.2. The molecule has 104 valence electrons. The van der Waals surface area contributed by atoms with E-state index < -0.39 is 15.4 Å². The average Bonchev–Trinajstić information content (AvgIpc) is 2.90. The minimum absolute atomic E-state index is 0.196. The van der Waals surface area contributed by atoms with Crippen LogP contribution in [0, 0.1) is 18.3 Å². The lowest BCUT2D eigenvalue weighted by Crippen LogP contribution is -2.15. The summed E-state index contributed by atoms with van der Waals surface area (Å²) in [6.45, 7) is 5.28. The van der Waals surface area contributed by atoms with Crippen LogP contribution >= 0.6 is 0 Å². The van der Waals surface area contributed by atoms with E-state index in [1.807, 2.05) is 6.92 Å². The van der Waals surface area contributed by atoms with Crippen molar-refractivity contribution in [3.63, 3.8) is 0 Å². The van der Waals surface area contributed by atoms with Gasteiger partial charge in [-0.3, -0.25) is 0 Å². The van der Waals surface area contributed by atoms with E-state index in [1.54, 1.807) is 38.1 Å². The fourth-order valence-corrected chi connectivity index (χ4v) is 2.78. The van der Waals surface area contributed by atoms with Crippen molar-refractivity contribution in [1.82, 2.24) is 8.96 Å². The van der Waals surface area contributed by atoms with Gasteiger partial charge in [0, 0.05) is 6.20 Å². The van der Waals surface area contributed by atoms with E-state index in [2.05, 4.69) is 11.1 Å². The van der Waals surface area contributed by atoms with Gasteiger partial charge >= 0.3 is 0 Å². The number of rotatable bonds is 3. The highest BCUT2D eigenvalue weighted by Crippen LogP contribution is 2.22. The van der Waals surface area contributed by atoms with Gasteiger partial charge in [-0.05, 0) is 32.9 Å². The summed E-state index contributed by atoms with van der Waals surface area (Å²) < 4.78 is 25.9. The highest BCUT2D eigenvalue weighted by Gasteiger charge is 2.25. The van der Waals surface area contributed by atoms with Crippen LogP contribution in [0.5, 0.6) is 0 Å². The molecule has 20 heavy (non-hydrogen) atoms. The summed E-state index contributed by atoms with van der Waals surface area (Å²) in [5, 5.41) is 9.06. The van der Waals surface area contributed by atoms with Crippen molar-refractivity contribution in [1.29, 1.82) is 5.26 Å². The van der Waals surface area contributed by atoms with E-state index in [9.17, 15) is 8.42 Å². The van der Waals surface area contributed by atoms with Crippen LogP contribution < -0.4 is 0 Å². The molecule has 0 bridgehead atoms. The van der Waals surface area contributed by atoms with Crippen molar-refractivity contribution < 1.29 is 8.42 Å². The normalized spacial score (nSPS) is 12.1. The predicted molar refractivity (Wildman–Crippen MR) is 74.6 cm³/mol. The maximum Gasteiger partial charge on any atom is 0.268 e. The van der Waals surface area contributed by atoms with Gasteiger partial charge in [0.05, 0.1) is 22.1 Å². The summed E-state index contributed by atoms with van der Waals surface area (Å²) in [6.07, 6.45) is 2.61. The molecule has 2 aromatic rings. The molecular weight excluding hydrogens is 274 g/mol. The predicted octanol–water partition coefficient (Wildman–Crippen LogP) is 2.23. The quantitative estimate of drug-likeness (QED) is 0.868. The molecule has 0 amide bonds. The molecule has 0 aliphatic heterocycles. The summed E-state index contributed by atoms with van der Waals surface area (Å²) in [4.78, 5) is 4.23. The highest BCUT2D eigenvalue weighted by molar-refractivity contribution is 7.90. The van der Waals surface area contributed by atoms with E-state index in [0.717, 1.165) is 9.54 Å². The zero-order chi connectivity index (χ0) is 15.0. The zero-order valence-electron chi connectivity index (χ0n) is 11.5. The molecular formula is C14H15N3O2S. The first kappa shape index (κ1) is 14.3. The monoisotopic (exact) mass is 289 g/mol. The maximum atomic E-state index is 12.4. The van der Waals surface area contributed by atoms with Crippen LogP contribution in [0.25, 0.3) is 0 Å². The topological polar surface area (TPSA) is 75.8 Å². The van der Waals surface area contributed by atoms with Gasteiger partial charge < -0.3 is 0 Å². The Bertz CT molecular complexity index is 765. The SMILES string of the molecule is Cc1ccc(S(=O)(=O)n2cnc(C(C)(C)C#N)c2)cc1. The third kappa shape index (κ3) is 2.45. The molecule has 0 aliphatic rings. The molecule has 1 aromatic carbocycles. The number of imidazole rings is 1. The molecule has 5 nitrogen and oxygen atoms in total. The van der Waals surface area contributed by atoms with Crippen LogP contribution in [0.3, 0.4) is 0 Å². The number of hydrogen-bond donors (Lipinski definition) is 0. The molecule has 0 atom stereocenters. The number of aromatic nitrogens is 2. The summed E-state index contributed by atoms with van der Waals surface area (Å²) in [6, 6.07) is 8.69. The van der Waals surface area contributed by atoms with Crippen molar-refractivity contribution in [2.75, 3.05) is 0 Å². The maximum absolute atomic E-state index is 12.4. The lowest BCUT2D eigenvalue weighted by molar-refractivity contribution is 0.587. The molecule has 0 saturated heterocycles. The van der Waals surface area contributed by atoms with Crippen LogP contribution in [-0.2, 0) is 15.4 Å². The Labute approximate surface area is 118 Å². The first-order valence-electron chi connectivity index (χ1n) is 6.05. The summed E-state index contributed by atoms with van der Waals surface area (Å²) >= 11 is 0. The molecule has 0 radical (unpaired) electrons. The Kier molecular flexibility index (Phi) is 3.40. The molecule has 2 rings (SSSR count). The van der Waals surface area contributed by atoms with Crippen molar-refractivity contribution in [2.24, 2.45) is 0 Å². The standard InChI is InChI=1S/C14H15N3O2S/c1-11-4-6-12(7-5-11)20(18,19)17-8-13(16-10-17)14(2,3)9-15/h4-8,10H,1-3H3. The third-order valence-electron chi connectivity index (χ3n) is 3.08. The van der Waals surface area contributed by atoms with Gasteiger partial charge in [-0.25, -0.2) is 17.4 Å². The number of nitrogens with zero attached hydrogens (tertiary/aromatic N) is 3. The number of aryl methyl sites for hydroxylation is 1. The second-order valence-corrected chi connectivity index (χ2v) is 6.99. The van der Waals surface area contributed by atoms with Gasteiger partial charge in [-0.2, -0.15) is 5.26 Å². The second-order valence-electron chi connectivity index (χ2n) is 5.14. The molecule has 0 saturated carbocycles. The largest absolute Gasteiger partial charge is 0.268 e. The minimum atomic E-state index is -3.66. The lowest BCUT2D eigenvalue weighted by atomic mass is 9.92. The molecule has 1 heterocycles. The van der Waals surface area contributed by atoms with Crippen molar-refractivity contribution in [3.05, 3.63) is 48.0 Å². The molecule has 0 spiro atoms. The van der Waals surface area contributed by atoms with Crippen molar-refractivity contribution in [3.8, 4) is 6.07 Å². The second kappa shape index (κ2) is 4.76. The molecule has 6 heteroatoms. The van der Waals surface area contributed by atoms with Gasteiger partial charge in [-0.15, -0.1) is 0 Å². The van der Waals surface area contributed by atoms with Crippen molar-refractivity contribution in [2.45, 2.75) is 31.1 Å². The smallest absolute Gasteiger partial charge is 0.239 e. The van der Waals surface area contributed by atoms with E-state index in [1.165, 1.54) is 12.5 Å². The number of nitriles is 1. The van der Waals surface area contributed by atoms with Crippen LogP contribution in [-0.4, -0.2) is 17.4 Å². The average molecular weight is 289 g/mol. The molecule has 0 aliphatic carbocycles. The first-order valence-corrected chi connectivity index (χ1v) is 7.49. The number of benzene rings is 1. The Morgan fingerprint density at radius 3 is 2.40 bits per heavy atom. The molecule has 0 N–H and O–H groups in total. The van der Waals surface area contributed by atoms with E-state index in [0.29, 0.717) is 5.69 Å². The summed E-state index contributed by atoms with van der Waals surface area (Å²) in [7, 11) is -3.66. The fraction of sp³-hybridized carbons (Fsp3) is 0.286. The molecule has 0 fully saturated rings. The minimum Gasteiger partial charge on any atom is -0.239 e. The van der Waals surface area contributed by atoms with Crippen LogP contribution in [0.1, 0.15) is 25.1 Å². The van der Waals surface area contributed by atoms with Crippen LogP contribution in [0.4, 0.5) is 0 Å². The molecule has 0 unspecified atom stereocenters. The third-order valence-corrected chi connectivity index (χ3v) is 4.70. The van der Waals surface area contributed by atoms with Crippen LogP contribution in [0.15, 0.2) is 41.7 Å². The summed E-state index contributed by atoms with van der Waals surface area (Å²) in [5.41, 5.74) is 0.588. The van der Waals surface area contributed by atoms with Gasteiger partial charge in [0.15, 0.2) is 0 Å². The fourth-order valence-electron chi connectivity index (χ4n) is 1.65. The Morgan fingerprint density at radius 2 is 1.85 bits per heavy atom. The lowest BCUT2D eigenvalue weighted by Gasteiger charge is -2.10. The zero-order valence-corrected chi connectivity index (χ0v) is 12.3. The molecule has 1 aromatic heterocycles.